The number of halogens is 3. The third-order valence-electron chi connectivity index (χ3n) is 5.90. The molecule has 0 spiro atoms. The summed E-state index contributed by atoms with van der Waals surface area (Å²) in [5, 5.41) is 16.7. The van der Waals surface area contributed by atoms with Gasteiger partial charge >= 0.3 is 0 Å². The molecule has 8 nitrogen and oxygen atoms in total. The van der Waals surface area contributed by atoms with Crippen molar-refractivity contribution >= 4 is 28.8 Å². The molecule has 1 unspecified atom stereocenters. The highest BCUT2D eigenvalue weighted by Gasteiger charge is 2.34. The normalized spacial score (nSPS) is 11.7. The molecular formula is C28H21F3N6O2S. The Morgan fingerprint density at radius 3 is 2.12 bits per heavy atom. The van der Waals surface area contributed by atoms with E-state index < -0.39 is 41.9 Å². The Balaban J connectivity index is 1.44. The number of aromatic nitrogens is 4. The predicted molar refractivity (Wildman–Crippen MR) is 142 cm³/mol. The van der Waals surface area contributed by atoms with E-state index >= 15 is 0 Å². The Morgan fingerprint density at radius 2 is 1.50 bits per heavy atom. The molecule has 0 aliphatic heterocycles. The first-order valence-corrected chi connectivity index (χ1v) is 12.9. The molecular weight excluding hydrogens is 541 g/mol. The fraction of sp³-hybridized carbons (Fsp3) is 0.107. The molecule has 2 amide bonds. The number of anilines is 1. The molecule has 5 rings (SSSR count). The maximum Gasteiger partial charge on any atom is 0.251 e. The summed E-state index contributed by atoms with van der Waals surface area (Å²) in [7, 11) is 0. The van der Waals surface area contributed by atoms with E-state index in [1.54, 1.807) is 29.6 Å². The third kappa shape index (κ3) is 6.24. The van der Waals surface area contributed by atoms with Gasteiger partial charge < -0.3 is 5.32 Å². The third-order valence-corrected chi connectivity index (χ3v) is 6.83. The van der Waals surface area contributed by atoms with E-state index in [0.717, 1.165) is 4.80 Å². The molecule has 0 aliphatic rings. The Hall–Kier alpha value is -4.84. The minimum absolute atomic E-state index is 0.0953. The Kier molecular flexibility index (Phi) is 7.97. The van der Waals surface area contributed by atoms with Crippen molar-refractivity contribution in [3.8, 4) is 11.4 Å². The highest BCUT2D eigenvalue weighted by atomic mass is 32.1. The van der Waals surface area contributed by atoms with Crippen molar-refractivity contribution < 1.29 is 22.8 Å². The standard InChI is InChI=1S/C28H21F3N6O2S/c29-20-7-3-18(4-8-20)16-32-28(39)26(24-2-1-15-40-24)37(23-13-11-22(31)12-14-23)25(38)17-36-34-27(33-35-36)19-5-9-21(30)10-6-19/h1-15,26H,16-17H2,(H,32,39). The number of carbonyl (C=O) groups excluding carboxylic acids is 2. The zero-order chi connectivity index (χ0) is 28.1. The molecule has 1 N–H and O–H groups in total. The number of amides is 2. The number of nitrogens with zero attached hydrogens (tertiary/aromatic N) is 5. The fourth-order valence-electron chi connectivity index (χ4n) is 3.97. The first-order valence-electron chi connectivity index (χ1n) is 12.0. The van der Waals surface area contributed by atoms with Crippen molar-refractivity contribution in [3.05, 3.63) is 118 Å². The summed E-state index contributed by atoms with van der Waals surface area (Å²) >= 11 is 1.28. The van der Waals surface area contributed by atoms with Crippen molar-refractivity contribution in [2.75, 3.05) is 4.90 Å². The van der Waals surface area contributed by atoms with Crippen LogP contribution < -0.4 is 10.2 Å². The summed E-state index contributed by atoms with van der Waals surface area (Å²) in [6.45, 7) is -0.295. The van der Waals surface area contributed by atoms with Crippen LogP contribution in [0.5, 0.6) is 0 Å². The first-order chi connectivity index (χ1) is 19.4. The lowest BCUT2D eigenvalue weighted by Crippen LogP contribution is -2.45. The van der Waals surface area contributed by atoms with Gasteiger partial charge in [0, 0.05) is 22.7 Å². The largest absolute Gasteiger partial charge is 0.350 e. The van der Waals surface area contributed by atoms with Crippen molar-refractivity contribution in [2.24, 2.45) is 0 Å². The second-order valence-electron chi connectivity index (χ2n) is 8.65. The quantitative estimate of drug-likeness (QED) is 0.276. The average molecular weight is 563 g/mol. The van der Waals surface area contributed by atoms with E-state index in [1.807, 2.05) is 0 Å². The van der Waals surface area contributed by atoms with Crippen LogP contribution in [0.2, 0.25) is 0 Å². The molecule has 40 heavy (non-hydrogen) atoms. The monoisotopic (exact) mass is 562 g/mol. The maximum atomic E-state index is 13.8. The van der Waals surface area contributed by atoms with Gasteiger partial charge in [0.1, 0.15) is 30.0 Å². The predicted octanol–water partition coefficient (Wildman–Crippen LogP) is 4.91. The Bertz CT molecular complexity index is 1590. The molecule has 2 heterocycles. The molecule has 0 bridgehead atoms. The van der Waals surface area contributed by atoms with Crippen LogP contribution >= 0.6 is 11.3 Å². The second-order valence-corrected chi connectivity index (χ2v) is 9.63. The van der Waals surface area contributed by atoms with Gasteiger partial charge in [0.15, 0.2) is 0 Å². The highest BCUT2D eigenvalue weighted by molar-refractivity contribution is 7.10. The topological polar surface area (TPSA) is 93.0 Å². The molecule has 0 radical (unpaired) electrons. The lowest BCUT2D eigenvalue weighted by Gasteiger charge is -2.30. The molecule has 2 aromatic heterocycles. The summed E-state index contributed by atoms with van der Waals surface area (Å²) in [5.41, 5.74) is 1.45. The van der Waals surface area contributed by atoms with Crippen molar-refractivity contribution in [2.45, 2.75) is 19.1 Å². The number of benzene rings is 3. The second kappa shape index (κ2) is 11.9. The van der Waals surface area contributed by atoms with Crippen LogP contribution in [-0.4, -0.2) is 32.0 Å². The van der Waals surface area contributed by atoms with Gasteiger partial charge in [0.2, 0.25) is 11.7 Å². The number of tetrazole rings is 1. The van der Waals surface area contributed by atoms with Crippen molar-refractivity contribution in [3.63, 3.8) is 0 Å². The number of hydrogen-bond donors (Lipinski definition) is 1. The molecule has 5 aromatic rings. The maximum absolute atomic E-state index is 13.8. The van der Waals surface area contributed by atoms with Crippen molar-refractivity contribution in [1.29, 1.82) is 0 Å². The van der Waals surface area contributed by atoms with Crippen LogP contribution in [0.1, 0.15) is 16.5 Å². The SMILES string of the molecule is O=C(NCc1ccc(F)cc1)C(c1cccs1)N(C(=O)Cn1nnc(-c2ccc(F)cc2)n1)c1ccc(F)cc1. The summed E-state index contributed by atoms with van der Waals surface area (Å²) in [6, 6.07) is 18.7. The van der Waals surface area contributed by atoms with Gasteiger partial charge in [-0.3, -0.25) is 14.5 Å². The number of thiophene rings is 1. The van der Waals surface area contributed by atoms with Gasteiger partial charge in [-0.25, -0.2) is 13.2 Å². The van der Waals surface area contributed by atoms with E-state index in [2.05, 4.69) is 20.7 Å². The highest BCUT2D eigenvalue weighted by Crippen LogP contribution is 2.31. The zero-order valence-corrected chi connectivity index (χ0v) is 21.6. The summed E-state index contributed by atoms with van der Waals surface area (Å²) in [5.74, 6) is -2.20. The van der Waals surface area contributed by atoms with E-state index in [0.29, 0.717) is 16.0 Å². The van der Waals surface area contributed by atoms with Crippen LogP contribution in [0.15, 0.2) is 90.3 Å². The van der Waals surface area contributed by atoms with Gasteiger partial charge in [-0.15, -0.1) is 21.5 Å². The molecule has 3 aromatic carbocycles. The van der Waals surface area contributed by atoms with Crippen LogP contribution in [0, 0.1) is 17.5 Å². The summed E-state index contributed by atoms with van der Waals surface area (Å²) in [4.78, 5) is 30.3. The van der Waals surface area contributed by atoms with E-state index in [-0.39, 0.29) is 18.1 Å². The first kappa shape index (κ1) is 26.8. The molecule has 12 heteroatoms. The molecule has 202 valence electrons. The van der Waals surface area contributed by atoms with Crippen LogP contribution in [0.4, 0.5) is 18.9 Å². The zero-order valence-electron chi connectivity index (χ0n) is 20.7. The number of carbonyl (C=O) groups is 2. The minimum Gasteiger partial charge on any atom is -0.350 e. The van der Waals surface area contributed by atoms with E-state index in [1.165, 1.54) is 76.9 Å². The van der Waals surface area contributed by atoms with E-state index in [9.17, 15) is 22.8 Å². The molecule has 0 saturated carbocycles. The van der Waals surface area contributed by atoms with Crippen LogP contribution in [0.3, 0.4) is 0 Å². The molecule has 1 atom stereocenters. The fourth-order valence-corrected chi connectivity index (χ4v) is 4.78. The Morgan fingerprint density at radius 1 is 0.875 bits per heavy atom. The van der Waals surface area contributed by atoms with Crippen LogP contribution in [-0.2, 0) is 22.7 Å². The lowest BCUT2D eigenvalue weighted by atomic mass is 10.1. The van der Waals surface area contributed by atoms with Gasteiger partial charge in [0.25, 0.3) is 5.91 Å². The Labute approximate surface area is 230 Å². The van der Waals surface area contributed by atoms with Gasteiger partial charge in [-0.1, -0.05) is 18.2 Å². The number of hydrogen-bond acceptors (Lipinski definition) is 6. The molecule has 0 saturated heterocycles. The van der Waals surface area contributed by atoms with Gasteiger partial charge in [0.05, 0.1) is 0 Å². The van der Waals surface area contributed by atoms with E-state index in [4.69, 9.17) is 0 Å². The van der Waals surface area contributed by atoms with Crippen molar-refractivity contribution in [1.82, 2.24) is 25.5 Å². The molecule has 0 fully saturated rings. The number of rotatable bonds is 9. The summed E-state index contributed by atoms with van der Waals surface area (Å²) < 4.78 is 40.4. The van der Waals surface area contributed by atoms with Gasteiger partial charge in [-0.05, 0) is 82.9 Å². The van der Waals surface area contributed by atoms with Crippen LogP contribution in [0.25, 0.3) is 11.4 Å². The minimum atomic E-state index is -1.11. The lowest BCUT2D eigenvalue weighted by molar-refractivity contribution is -0.127. The smallest absolute Gasteiger partial charge is 0.251 e. The van der Waals surface area contributed by atoms with Gasteiger partial charge in [-0.2, -0.15) is 4.80 Å². The average Bonchev–Trinajstić information content (AvgIpc) is 3.65. The molecule has 0 aliphatic carbocycles. The summed E-state index contributed by atoms with van der Waals surface area (Å²) in [6.07, 6.45) is 0. The number of nitrogens with one attached hydrogen (secondary N) is 1.